The Bertz CT molecular complexity index is 912. The standard InChI is InChI=1S/C22H29N5O2/c1-4-27-15-19(17(3)23-27)20-13-21(29-24-20)22(28)26-10-8-25(9-11-26)14-18-7-5-6-16(2)12-18/h5-7,12,15,21H,4,8-11,13-14H2,1-3H3. The number of hydrogen-bond acceptors (Lipinski definition) is 5. The first-order chi connectivity index (χ1) is 14.0. The number of carbonyl (C=O) groups excluding carboxylic acids is 1. The highest BCUT2D eigenvalue weighted by Crippen LogP contribution is 2.21. The average molecular weight is 396 g/mol. The smallest absolute Gasteiger partial charge is 0.266 e. The molecule has 154 valence electrons. The second-order valence-electron chi connectivity index (χ2n) is 7.91. The van der Waals surface area contributed by atoms with Crippen LogP contribution in [-0.4, -0.2) is 63.5 Å². The lowest BCUT2D eigenvalue weighted by Crippen LogP contribution is -2.51. The van der Waals surface area contributed by atoms with Crippen LogP contribution in [-0.2, 0) is 22.7 Å². The Labute approximate surface area is 171 Å². The van der Waals surface area contributed by atoms with E-state index < -0.39 is 6.10 Å². The summed E-state index contributed by atoms with van der Waals surface area (Å²) < 4.78 is 1.88. The van der Waals surface area contributed by atoms with Crippen LogP contribution < -0.4 is 0 Å². The lowest BCUT2D eigenvalue weighted by Gasteiger charge is -2.35. The molecule has 0 bridgehead atoms. The van der Waals surface area contributed by atoms with Crippen LogP contribution in [0, 0.1) is 13.8 Å². The predicted octanol–water partition coefficient (Wildman–Crippen LogP) is 2.36. The van der Waals surface area contributed by atoms with Crippen LogP contribution in [0.5, 0.6) is 0 Å². The largest absolute Gasteiger partial charge is 0.382 e. The van der Waals surface area contributed by atoms with Gasteiger partial charge in [-0.1, -0.05) is 35.0 Å². The van der Waals surface area contributed by atoms with Gasteiger partial charge >= 0.3 is 0 Å². The third kappa shape index (κ3) is 4.34. The van der Waals surface area contributed by atoms with Gasteiger partial charge in [-0.25, -0.2) is 0 Å². The van der Waals surface area contributed by atoms with Gasteiger partial charge < -0.3 is 9.74 Å². The number of piperazine rings is 1. The summed E-state index contributed by atoms with van der Waals surface area (Å²) in [5, 5.41) is 8.66. The van der Waals surface area contributed by atoms with Crippen molar-refractivity contribution in [1.29, 1.82) is 0 Å². The first-order valence-corrected chi connectivity index (χ1v) is 10.4. The number of oxime groups is 1. The molecule has 3 heterocycles. The lowest BCUT2D eigenvalue weighted by atomic mass is 10.1. The normalized spacial score (nSPS) is 19.9. The zero-order chi connectivity index (χ0) is 20.4. The molecule has 0 radical (unpaired) electrons. The van der Waals surface area contributed by atoms with E-state index in [9.17, 15) is 4.79 Å². The maximum Gasteiger partial charge on any atom is 0.266 e. The Kier molecular flexibility index (Phi) is 5.67. The van der Waals surface area contributed by atoms with Crippen LogP contribution in [0.2, 0.25) is 0 Å². The summed E-state index contributed by atoms with van der Waals surface area (Å²) in [5.41, 5.74) is 5.32. The van der Waals surface area contributed by atoms with Gasteiger partial charge in [0.1, 0.15) is 0 Å². The molecule has 2 aromatic rings. The molecule has 0 spiro atoms. The maximum atomic E-state index is 12.9. The van der Waals surface area contributed by atoms with Crippen molar-refractivity contribution in [3.8, 4) is 0 Å². The lowest BCUT2D eigenvalue weighted by molar-refractivity contribution is -0.143. The van der Waals surface area contributed by atoms with Gasteiger partial charge in [0.25, 0.3) is 5.91 Å². The molecule has 2 aliphatic heterocycles. The molecule has 1 atom stereocenters. The van der Waals surface area contributed by atoms with Gasteiger partial charge in [-0.2, -0.15) is 5.10 Å². The number of benzene rings is 1. The molecule has 7 nitrogen and oxygen atoms in total. The fourth-order valence-electron chi connectivity index (χ4n) is 4.03. The quantitative estimate of drug-likeness (QED) is 0.780. The molecule has 7 heteroatoms. The molecular weight excluding hydrogens is 366 g/mol. The monoisotopic (exact) mass is 395 g/mol. The number of hydrogen-bond donors (Lipinski definition) is 0. The van der Waals surface area contributed by atoms with Crippen molar-refractivity contribution in [1.82, 2.24) is 19.6 Å². The Morgan fingerprint density at radius 1 is 1.21 bits per heavy atom. The molecule has 0 saturated carbocycles. The molecular formula is C22H29N5O2. The summed E-state index contributed by atoms with van der Waals surface area (Å²) in [4.78, 5) is 22.8. The highest BCUT2D eigenvalue weighted by atomic mass is 16.6. The van der Waals surface area contributed by atoms with Crippen LogP contribution in [0.4, 0.5) is 0 Å². The number of aromatic nitrogens is 2. The van der Waals surface area contributed by atoms with Crippen LogP contribution in [0.1, 0.15) is 35.7 Å². The van der Waals surface area contributed by atoms with Crippen LogP contribution in [0.3, 0.4) is 0 Å². The number of amides is 1. The second-order valence-corrected chi connectivity index (χ2v) is 7.91. The van der Waals surface area contributed by atoms with E-state index in [0.29, 0.717) is 6.42 Å². The van der Waals surface area contributed by atoms with E-state index in [1.54, 1.807) is 0 Å². The summed E-state index contributed by atoms with van der Waals surface area (Å²) >= 11 is 0. The molecule has 1 aromatic carbocycles. The summed E-state index contributed by atoms with van der Waals surface area (Å²) in [6, 6.07) is 8.61. The minimum atomic E-state index is -0.516. The molecule has 1 fully saturated rings. The van der Waals surface area contributed by atoms with Crippen LogP contribution in [0.15, 0.2) is 35.6 Å². The average Bonchev–Trinajstić information content (AvgIpc) is 3.34. The topological polar surface area (TPSA) is 63.0 Å². The zero-order valence-corrected chi connectivity index (χ0v) is 17.5. The van der Waals surface area contributed by atoms with Crippen molar-refractivity contribution < 1.29 is 9.63 Å². The van der Waals surface area contributed by atoms with Crippen molar-refractivity contribution in [3.63, 3.8) is 0 Å². The summed E-state index contributed by atoms with van der Waals surface area (Å²) in [6.07, 6.45) is 1.98. The Balaban J connectivity index is 1.29. The van der Waals surface area contributed by atoms with Crippen molar-refractivity contribution >= 4 is 11.6 Å². The van der Waals surface area contributed by atoms with Crippen molar-refractivity contribution in [2.24, 2.45) is 5.16 Å². The van der Waals surface area contributed by atoms with Crippen LogP contribution >= 0.6 is 0 Å². The summed E-state index contributed by atoms with van der Waals surface area (Å²) in [6.45, 7) is 11.1. The molecule has 2 aliphatic rings. The number of rotatable bonds is 5. The fourth-order valence-corrected chi connectivity index (χ4v) is 4.03. The minimum absolute atomic E-state index is 0.0412. The van der Waals surface area contributed by atoms with Crippen LogP contribution in [0.25, 0.3) is 0 Å². The SMILES string of the molecule is CCn1cc(C2=NOC(C(=O)N3CCN(Cc4cccc(C)c4)CC3)C2)c(C)n1. The van der Waals surface area contributed by atoms with Crippen molar-refractivity contribution in [3.05, 3.63) is 52.8 Å². The van der Waals surface area contributed by atoms with Gasteiger partial charge in [-0.3, -0.25) is 14.4 Å². The van der Waals surface area contributed by atoms with E-state index in [4.69, 9.17) is 4.84 Å². The third-order valence-corrected chi connectivity index (χ3v) is 5.70. The molecule has 1 amide bonds. The number of carbonyl (C=O) groups is 1. The highest BCUT2D eigenvalue weighted by molar-refractivity contribution is 6.04. The van der Waals surface area contributed by atoms with Gasteiger partial charge in [0.05, 0.1) is 11.4 Å². The van der Waals surface area contributed by atoms with Gasteiger partial charge in [0.15, 0.2) is 0 Å². The first kappa shape index (κ1) is 19.6. The predicted molar refractivity (Wildman–Crippen MR) is 112 cm³/mol. The van der Waals surface area contributed by atoms with E-state index in [1.807, 2.05) is 29.6 Å². The van der Waals surface area contributed by atoms with E-state index in [-0.39, 0.29) is 5.91 Å². The third-order valence-electron chi connectivity index (χ3n) is 5.70. The Hall–Kier alpha value is -2.67. The Morgan fingerprint density at radius 3 is 2.69 bits per heavy atom. The summed E-state index contributed by atoms with van der Waals surface area (Å²) in [5.74, 6) is 0.0412. The fraction of sp³-hybridized carbons (Fsp3) is 0.500. The second kappa shape index (κ2) is 8.37. The van der Waals surface area contributed by atoms with E-state index >= 15 is 0 Å². The summed E-state index contributed by atoms with van der Waals surface area (Å²) in [7, 11) is 0. The van der Waals surface area contributed by atoms with Crippen molar-refractivity contribution in [2.45, 2.75) is 46.4 Å². The molecule has 0 N–H and O–H groups in total. The van der Waals surface area contributed by atoms with Gasteiger partial charge in [0, 0.05) is 57.4 Å². The molecule has 1 unspecified atom stereocenters. The minimum Gasteiger partial charge on any atom is -0.382 e. The molecule has 1 aromatic heterocycles. The van der Waals surface area contributed by atoms with E-state index in [2.05, 4.69) is 46.3 Å². The zero-order valence-electron chi connectivity index (χ0n) is 17.5. The molecule has 29 heavy (non-hydrogen) atoms. The van der Waals surface area contributed by atoms with Gasteiger partial charge in [-0.05, 0) is 26.3 Å². The number of nitrogens with zero attached hydrogens (tertiary/aromatic N) is 5. The first-order valence-electron chi connectivity index (χ1n) is 10.4. The highest BCUT2D eigenvalue weighted by Gasteiger charge is 2.34. The molecule has 1 saturated heterocycles. The van der Waals surface area contributed by atoms with E-state index in [1.165, 1.54) is 11.1 Å². The molecule has 4 rings (SSSR count). The van der Waals surface area contributed by atoms with E-state index in [0.717, 1.165) is 56.2 Å². The molecule has 0 aliphatic carbocycles. The van der Waals surface area contributed by atoms with Gasteiger partial charge in [0.2, 0.25) is 6.10 Å². The van der Waals surface area contributed by atoms with Crippen molar-refractivity contribution in [2.75, 3.05) is 26.2 Å². The number of aryl methyl sites for hydroxylation is 3. The van der Waals surface area contributed by atoms with Gasteiger partial charge in [-0.15, -0.1) is 0 Å². The maximum absolute atomic E-state index is 12.9. The Morgan fingerprint density at radius 2 is 2.00 bits per heavy atom.